The fourth-order valence-electron chi connectivity index (χ4n) is 5.33. The van der Waals surface area contributed by atoms with Crippen LogP contribution in [0.4, 0.5) is 5.00 Å². The summed E-state index contributed by atoms with van der Waals surface area (Å²) in [6.07, 6.45) is 3.75. The van der Waals surface area contributed by atoms with Crippen LogP contribution in [0.1, 0.15) is 67.9 Å². The molecule has 0 saturated heterocycles. The SMILES string of the molecule is CCOC(=O)c1c(NC(=O)CSc2nnc(CNC(=O)c3ccc(OC)c(OC)c3)n2-c2cccc(C)c2C)sc2c1CCCC2. The fraction of sp³-hybridized carbons (Fsp3) is 0.364. The van der Waals surface area contributed by atoms with Crippen LogP contribution in [-0.2, 0) is 28.9 Å². The van der Waals surface area contributed by atoms with E-state index < -0.39 is 5.97 Å². The molecular weight excluding hydrogens is 627 g/mol. The first-order chi connectivity index (χ1) is 22.2. The number of nitrogens with one attached hydrogen (secondary N) is 2. The molecule has 2 amide bonds. The van der Waals surface area contributed by atoms with Gasteiger partial charge < -0.3 is 24.8 Å². The quantitative estimate of drug-likeness (QED) is 0.145. The number of hydrogen-bond donors (Lipinski definition) is 2. The lowest BCUT2D eigenvalue weighted by Crippen LogP contribution is -2.25. The van der Waals surface area contributed by atoms with Crippen molar-refractivity contribution in [2.45, 2.75) is 58.2 Å². The number of aryl methyl sites for hydroxylation is 2. The molecule has 13 heteroatoms. The molecule has 0 aliphatic heterocycles. The standard InChI is InChI=1S/C33H37N5O6S2/c1-6-44-32(41)29-22-11-7-8-13-26(22)46-31(29)35-28(39)18-45-33-37-36-27(38(33)23-12-9-10-19(2)20(23)3)17-34-30(40)21-14-15-24(42-4)25(16-21)43-5/h9-10,12,14-16H,6-8,11,13,17-18H2,1-5H3,(H,34,40)(H,35,39). The summed E-state index contributed by atoms with van der Waals surface area (Å²) in [7, 11) is 3.05. The Bertz CT molecular complexity index is 1770. The third-order valence-corrected chi connectivity index (χ3v) is 9.94. The second-order valence-electron chi connectivity index (χ2n) is 10.7. The number of benzene rings is 2. The number of ether oxygens (including phenoxy) is 3. The summed E-state index contributed by atoms with van der Waals surface area (Å²) in [5, 5.41) is 15.7. The molecule has 1 aliphatic carbocycles. The van der Waals surface area contributed by atoms with Crippen LogP contribution in [0.15, 0.2) is 41.6 Å². The normalized spacial score (nSPS) is 12.3. The van der Waals surface area contributed by atoms with E-state index in [0.29, 0.717) is 38.6 Å². The number of hydrogen-bond acceptors (Lipinski definition) is 10. The van der Waals surface area contributed by atoms with Crippen molar-refractivity contribution in [3.63, 3.8) is 0 Å². The predicted molar refractivity (Wildman–Crippen MR) is 178 cm³/mol. The van der Waals surface area contributed by atoms with Gasteiger partial charge in [-0.15, -0.1) is 21.5 Å². The highest BCUT2D eigenvalue weighted by Gasteiger charge is 2.27. The molecule has 0 saturated carbocycles. The summed E-state index contributed by atoms with van der Waals surface area (Å²) in [5.41, 5.74) is 4.81. The molecule has 0 atom stereocenters. The van der Waals surface area contributed by atoms with E-state index in [4.69, 9.17) is 14.2 Å². The van der Waals surface area contributed by atoms with Gasteiger partial charge in [0, 0.05) is 10.4 Å². The van der Waals surface area contributed by atoms with Crippen LogP contribution in [0.2, 0.25) is 0 Å². The van der Waals surface area contributed by atoms with Crippen LogP contribution in [0.3, 0.4) is 0 Å². The van der Waals surface area contributed by atoms with Crippen LogP contribution < -0.4 is 20.1 Å². The topological polar surface area (TPSA) is 134 Å². The van der Waals surface area contributed by atoms with E-state index in [1.807, 2.05) is 36.6 Å². The molecule has 5 rings (SSSR count). The number of amides is 2. The van der Waals surface area contributed by atoms with Gasteiger partial charge in [-0.05, 0) is 87.4 Å². The summed E-state index contributed by atoms with van der Waals surface area (Å²) in [6.45, 7) is 6.15. The van der Waals surface area contributed by atoms with Gasteiger partial charge in [0.05, 0.1) is 44.4 Å². The predicted octanol–water partition coefficient (Wildman–Crippen LogP) is 5.68. The van der Waals surface area contributed by atoms with Gasteiger partial charge in [0.15, 0.2) is 22.5 Å². The smallest absolute Gasteiger partial charge is 0.341 e. The van der Waals surface area contributed by atoms with Gasteiger partial charge in [-0.2, -0.15) is 0 Å². The molecule has 0 spiro atoms. The minimum Gasteiger partial charge on any atom is -0.493 e. The highest BCUT2D eigenvalue weighted by Crippen LogP contribution is 2.39. The van der Waals surface area contributed by atoms with E-state index in [9.17, 15) is 14.4 Å². The summed E-state index contributed by atoms with van der Waals surface area (Å²) in [4.78, 5) is 40.3. The zero-order valence-corrected chi connectivity index (χ0v) is 28.2. The van der Waals surface area contributed by atoms with Crippen molar-refractivity contribution in [3.8, 4) is 17.2 Å². The number of anilines is 1. The third kappa shape index (κ3) is 7.05. The largest absolute Gasteiger partial charge is 0.493 e. The van der Waals surface area contributed by atoms with Crippen molar-refractivity contribution in [1.82, 2.24) is 20.1 Å². The van der Waals surface area contributed by atoms with E-state index in [2.05, 4.69) is 20.8 Å². The lowest BCUT2D eigenvalue weighted by Gasteiger charge is -2.15. The molecule has 1 aliphatic rings. The van der Waals surface area contributed by atoms with Gasteiger partial charge in [0.2, 0.25) is 5.91 Å². The maximum atomic E-state index is 13.3. The fourth-order valence-corrected chi connectivity index (χ4v) is 7.39. The van der Waals surface area contributed by atoms with Crippen molar-refractivity contribution in [1.29, 1.82) is 0 Å². The van der Waals surface area contributed by atoms with Gasteiger partial charge in [-0.3, -0.25) is 14.2 Å². The van der Waals surface area contributed by atoms with Gasteiger partial charge in [0.1, 0.15) is 5.00 Å². The highest BCUT2D eigenvalue weighted by atomic mass is 32.2. The molecule has 242 valence electrons. The molecule has 0 radical (unpaired) electrons. The Kier molecular flexibility index (Phi) is 10.6. The van der Waals surface area contributed by atoms with Crippen LogP contribution in [0.5, 0.6) is 11.5 Å². The molecular formula is C33H37N5O6S2. The Morgan fingerprint density at radius 1 is 1.02 bits per heavy atom. The Morgan fingerprint density at radius 2 is 1.80 bits per heavy atom. The van der Waals surface area contributed by atoms with E-state index >= 15 is 0 Å². The minimum atomic E-state index is -0.403. The van der Waals surface area contributed by atoms with Gasteiger partial charge in [-0.25, -0.2) is 4.79 Å². The molecule has 2 aromatic carbocycles. The van der Waals surface area contributed by atoms with Crippen molar-refractivity contribution in [2.75, 3.05) is 31.9 Å². The maximum absolute atomic E-state index is 13.3. The third-order valence-electron chi connectivity index (χ3n) is 7.81. The van der Waals surface area contributed by atoms with Gasteiger partial charge >= 0.3 is 5.97 Å². The molecule has 46 heavy (non-hydrogen) atoms. The number of carbonyl (C=O) groups excluding carboxylic acids is 3. The summed E-state index contributed by atoms with van der Waals surface area (Å²) in [5.74, 6) is 0.513. The Balaban J connectivity index is 1.36. The maximum Gasteiger partial charge on any atom is 0.341 e. The second-order valence-corrected chi connectivity index (χ2v) is 12.7. The lowest BCUT2D eigenvalue weighted by atomic mass is 9.95. The number of carbonyl (C=O) groups is 3. The molecule has 2 aromatic heterocycles. The van der Waals surface area contributed by atoms with E-state index in [1.165, 1.54) is 37.3 Å². The van der Waals surface area contributed by atoms with Crippen LogP contribution in [0, 0.1) is 13.8 Å². The van der Waals surface area contributed by atoms with Gasteiger partial charge in [0.25, 0.3) is 5.91 Å². The number of fused-ring (bicyclic) bond motifs is 1. The van der Waals surface area contributed by atoms with Crippen molar-refractivity contribution in [3.05, 3.63) is 74.9 Å². The number of nitrogens with zero attached hydrogens (tertiary/aromatic N) is 3. The van der Waals surface area contributed by atoms with Crippen molar-refractivity contribution < 1.29 is 28.6 Å². The molecule has 0 bridgehead atoms. The Hall–Kier alpha value is -4.36. The van der Waals surface area contributed by atoms with Crippen molar-refractivity contribution in [2.24, 2.45) is 0 Å². The number of esters is 1. The molecule has 2 heterocycles. The number of thioether (sulfide) groups is 1. The first-order valence-electron chi connectivity index (χ1n) is 15.0. The second kappa shape index (κ2) is 14.8. The summed E-state index contributed by atoms with van der Waals surface area (Å²) >= 11 is 2.68. The molecule has 0 fully saturated rings. The number of aromatic nitrogens is 3. The van der Waals surface area contributed by atoms with E-state index in [-0.39, 0.29) is 30.7 Å². The molecule has 2 N–H and O–H groups in total. The average molecular weight is 664 g/mol. The zero-order valence-electron chi connectivity index (χ0n) is 26.5. The summed E-state index contributed by atoms with van der Waals surface area (Å²) < 4.78 is 17.8. The zero-order chi connectivity index (χ0) is 32.8. The molecule has 11 nitrogen and oxygen atoms in total. The first kappa shape index (κ1) is 33.0. The van der Waals surface area contributed by atoms with Gasteiger partial charge in [-0.1, -0.05) is 23.9 Å². The Labute approximate surface area is 276 Å². The molecule has 0 unspecified atom stereocenters. The van der Waals surface area contributed by atoms with Crippen LogP contribution in [-0.4, -0.2) is 59.1 Å². The Morgan fingerprint density at radius 3 is 2.57 bits per heavy atom. The summed E-state index contributed by atoms with van der Waals surface area (Å²) in [6, 6.07) is 10.9. The molecule has 4 aromatic rings. The highest BCUT2D eigenvalue weighted by molar-refractivity contribution is 7.99. The number of rotatable bonds is 12. The minimum absolute atomic E-state index is 0.0336. The van der Waals surface area contributed by atoms with Crippen molar-refractivity contribution >= 4 is 45.9 Å². The van der Waals surface area contributed by atoms with E-state index in [0.717, 1.165) is 52.9 Å². The number of methoxy groups -OCH3 is 2. The average Bonchev–Trinajstić information content (AvgIpc) is 3.64. The monoisotopic (exact) mass is 663 g/mol. The first-order valence-corrected chi connectivity index (χ1v) is 16.8. The lowest BCUT2D eigenvalue weighted by molar-refractivity contribution is -0.113. The van der Waals surface area contributed by atoms with Crippen LogP contribution in [0.25, 0.3) is 5.69 Å². The van der Waals surface area contributed by atoms with E-state index in [1.54, 1.807) is 25.1 Å². The number of thiophene rings is 1. The van der Waals surface area contributed by atoms with Crippen LogP contribution >= 0.6 is 23.1 Å².